The zero-order valence-electron chi connectivity index (χ0n) is 15.5. The summed E-state index contributed by atoms with van der Waals surface area (Å²) in [6, 6.07) is 10.8. The van der Waals surface area contributed by atoms with Crippen molar-refractivity contribution in [1.82, 2.24) is 10.3 Å². The van der Waals surface area contributed by atoms with Crippen molar-refractivity contribution in [2.45, 2.75) is 13.0 Å². The van der Waals surface area contributed by atoms with Gasteiger partial charge < -0.3 is 19.5 Å². The molecule has 0 unspecified atom stereocenters. The minimum absolute atomic E-state index is 0.159. The fraction of sp³-hybridized carbons (Fsp3) is 0.238. The Morgan fingerprint density at radius 2 is 2.14 bits per heavy atom. The number of thiazole rings is 1. The van der Waals surface area contributed by atoms with Crippen molar-refractivity contribution in [2.75, 3.05) is 19.8 Å². The normalized spacial score (nSPS) is 12.4. The second-order valence-electron chi connectivity index (χ2n) is 6.40. The van der Waals surface area contributed by atoms with Crippen molar-refractivity contribution < 1.29 is 19.0 Å². The van der Waals surface area contributed by atoms with Gasteiger partial charge in [0.15, 0.2) is 11.5 Å². The molecule has 0 fully saturated rings. The number of carbonyl (C=O) groups is 1. The molecule has 3 aromatic rings. The van der Waals surface area contributed by atoms with Crippen LogP contribution < -0.4 is 19.5 Å². The van der Waals surface area contributed by atoms with Crippen molar-refractivity contribution in [3.8, 4) is 17.2 Å². The van der Waals surface area contributed by atoms with Gasteiger partial charge in [0.2, 0.25) is 0 Å². The highest BCUT2D eigenvalue weighted by atomic mass is 35.5. The maximum absolute atomic E-state index is 12.5. The average molecular weight is 431 g/mol. The third kappa shape index (κ3) is 4.99. The highest BCUT2D eigenvalue weighted by Crippen LogP contribution is 2.38. The summed E-state index contributed by atoms with van der Waals surface area (Å²) >= 11 is 7.78. The van der Waals surface area contributed by atoms with E-state index in [1.54, 1.807) is 23.7 Å². The van der Waals surface area contributed by atoms with Crippen LogP contribution in [0.3, 0.4) is 0 Å². The number of aromatic nitrogens is 1. The molecule has 2 aromatic carbocycles. The van der Waals surface area contributed by atoms with E-state index in [0.29, 0.717) is 60.6 Å². The Morgan fingerprint density at radius 1 is 1.24 bits per heavy atom. The van der Waals surface area contributed by atoms with Gasteiger partial charge >= 0.3 is 0 Å². The van der Waals surface area contributed by atoms with Crippen LogP contribution in [-0.2, 0) is 13.0 Å². The quantitative estimate of drug-likeness (QED) is 0.610. The number of hydrogen-bond acceptors (Lipinski definition) is 6. The predicted octanol–water partition coefficient (Wildman–Crippen LogP) is 4.12. The van der Waals surface area contributed by atoms with Crippen LogP contribution in [0.2, 0.25) is 5.02 Å². The Kier molecular flexibility index (Phi) is 6.17. The molecule has 0 radical (unpaired) electrons. The number of hydrogen-bond donors (Lipinski definition) is 1. The first-order valence-corrected chi connectivity index (χ1v) is 10.5. The van der Waals surface area contributed by atoms with Crippen molar-refractivity contribution in [1.29, 1.82) is 0 Å². The zero-order chi connectivity index (χ0) is 20.1. The van der Waals surface area contributed by atoms with Crippen molar-refractivity contribution in [3.05, 3.63) is 69.1 Å². The van der Waals surface area contributed by atoms with Gasteiger partial charge in [0.1, 0.15) is 25.6 Å². The molecule has 0 atom stereocenters. The maximum atomic E-state index is 12.5. The molecule has 0 bridgehead atoms. The summed E-state index contributed by atoms with van der Waals surface area (Å²) in [6.07, 6.45) is 0.627. The zero-order valence-corrected chi connectivity index (χ0v) is 17.1. The molecular weight excluding hydrogens is 412 g/mol. The van der Waals surface area contributed by atoms with E-state index in [9.17, 15) is 4.79 Å². The molecule has 0 saturated heterocycles. The van der Waals surface area contributed by atoms with Gasteiger partial charge in [0.05, 0.1) is 16.2 Å². The minimum Gasteiger partial charge on any atom is -0.487 e. The summed E-state index contributed by atoms with van der Waals surface area (Å²) in [7, 11) is 0. The highest BCUT2D eigenvalue weighted by Gasteiger charge is 2.16. The summed E-state index contributed by atoms with van der Waals surface area (Å²) in [4.78, 5) is 16.7. The second kappa shape index (κ2) is 9.15. The molecule has 1 aliphatic rings. The lowest BCUT2D eigenvalue weighted by Gasteiger charge is -2.20. The van der Waals surface area contributed by atoms with Crippen molar-refractivity contribution in [3.63, 3.8) is 0 Å². The van der Waals surface area contributed by atoms with Gasteiger partial charge in [-0.15, -0.1) is 11.3 Å². The number of fused-ring (bicyclic) bond motifs is 1. The van der Waals surface area contributed by atoms with E-state index in [1.165, 1.54) is 11.3 Å². The third-order valence-electron chi connectivity index (χ3n) is 4.32. The lowest BCUT2D eigenvalue weighted by Crippen LogP contribution is -2.25. The van der Waals surface area contributed by atoms with Crippen molar-refractivity contribution >= 4 is 28.8 Å². The molecule has 0 spiro atoms. The summed E-state index contributed by atoms with van der Waals surface area (Å²) in [5, 5.41) is 5.38. The first kappa shape index (κ1) is 19.5. The van der Waals surface area contributed by atoms with Crippen molar-refractivity contribution in [2.24, 2.45) is 0 Å². The summed E-state index contributed by atoms with van der Waals surface area (Å²) in [5.74, 6) is 1.70. The van der Waals surface area contributed by atoms with Gasteiger partial charge in [-0.3, -0.25) is 4.79 Å². The highest BCUT2D eigenvalue weighted by molar-refractivity contribution is 7.07. The summed E-state index contributed by atoms with van der Waals surface area (Å²) in [6.45, 7) is 1.84. The van der Waals surface area contributed by atoms with E-state index in [4.69, 9.17) is 25.8 Å². The van der Waals surface area contributed by atoms with E-state index < -0.39 is 0 Å². The Balaban J connectivity index is 1.32. The lowest BCUT2D eigenvalue weighted by atomic mass is 10.1. The lowest BCUT2D eigenvalue weighted by molar-refractivity contribution is 0.0953. The largest absolute Gasteiger partial charge is 0.487 e. The fourth-order valence-electron chi connectivity index (χ4n) is 2.92. The van der Waals surface area contributed by atoms with Gasteiger partial charge in [0, 0.05) is 17.5 Å². The van der Waals surface area contributed by atoms with Crippen LogP contribution in [0, 0.1) is 0 Å². The molecule has 0 saturated carbocycles. The average Bonchev–Trinajstić information content (AvgIpc) is 3.26. The second-order valence-corrected chi connectivity index (χ2v) is 7.53. The van der Waals surface area contributed by atoms with E-state index in [2.05, 4.69) is 10.3 Å². The number of amides is 1. The van der Waals surface area contributed by atoms with E-state index in [0.717, 1.165) is 11.3 Å². The monoisotopic (exact) mass is 430 g/mol. The van der Waals surface area contributed by atoms with Gasteiger partial charge in [-0.25, -0.2) is 4.98 Å². The Morgan fingerprint density at radius 3 is 3.00 bits per heavy atom. The van der Waals surface area contributed by atoms with E-state index >= 15 is 0 Å². The van der Waals surface area contributed by atoms with Crippen LogP contribution in [0.5, 0.6) is 17.2 Å². The van der Waals surface area contributed by atoms with Crippen LogP contribution in [0.4, 0.5) is 0 Å². The number of carbonyl (C=O) groups excluding carboxylic acids is 1. The molecule has 1 aromatic heterocycles. The van der Waals surface area contributed by atoms with Crippen LogP contribution in [0.15, 0.2) is 47.3 Å². The molecule has 0 aliphatic carbocycles. The Bertz CT molecular complexity index is 994. The SMILES string of the molecule is O=C(NCCc1cc(Cl)c2c(c1)OCCO2)c1cccc(OCc2cscn2)c1. The third-order valence-corrected chi connectivity index (χ3v) is 5.24. The van der Waals surface area contributed by atoms with E-state index in [-0.39, 0.29) is 5.91 Å². The first-order chi connectivity index (χ1) is 14.2. The standard InChI is InChI=1S/C21H19ClN2O4S/c22-18-8-14(9-19-20(18)27-7-6-26-19)4-5-23-21(25)15-2-1-3-17(10-15)28-11-16-12-29-13-24-16/h1-3,8-10,12-13H,4-7,11H2,(H,23,25). The molecule has 2 heterocycles. The minimum atomic E-state index is -0.159. The number of ether oxygens (including phenoxy) is 3. The molecular formula is C21H19ClN2O4S. The molecule has 1 aliphatic heterocycles. The van der Waals surface area contributed by atoms with Gasteiger partial charge in [-0.1, -0.05) is 17.7 Å². The van der Waals surface area contributed by atoms with E-state index in [1.807, 2.05) is 23.6 Å². The van der Waals surface area contributed by atoms with Crippen LogP contribution in [0.25, 0.3) is 0 Å². The Hall–Kier alpha value is -2.77. The molecule has 8 heteroatoms. The van der Waals surface area contributed by atoms with Gasteiger partial charge in [0.25, 0.3) is 5.91 Å². The van der Waals surface area contributed by atoms with Crippen LogP contribution in [-0.4, -0.2) is 30.6 Å². The number of nitrogens with one attached hydrogen (secondary N) is 1. The topological polar surface area (TPSA) is 69.7 Å². The summed E-state index contributed by atoms with van der Waals surface area (Å²) in [5.41, 5.74) is 4.14. The summed E-state index contributed by atoms with van der Waals surface area (Å²) < 4.78 is 16.8. The number of halogens is 1. The van der Waals surface area contributed by atoms with Crippen LogP contribution in [0.1, 0.15) is 21.6 Å². The molecule has 1 N–H and O–H groups in total. The maximum Gasteiger partial charge on any atom is 0.251 e. The first-order valence-electron chi connectivity index (χ1n) is 9.15. The number of rotatable bonds is 7. The molecule has 1 amide bonds. The van der Waals surface area contributed by atoms with Gasteiger partial charge in [-0.2, -0.15) is 0 Å². The number of benzene rings is 2. The van der Waals surface area contributed by atoms with Crippen LogP contribution >= 0.6 is 22.9 Å². The fourth-order valence-corrected chi connectivity index (χ4v) is 3.76. The smallest absolute Gasteiger partial charge is 0.251 e. The predicted molar refractivity (Wildman–Crippen MR) is 111 cm³/mol. The molecule has 150 valence electrons. The Labute approximate surface area is 177 Å². The molecule has 29 heavy (non-hydrogen) atoms. The van der Waals surface area contributed by atoms with Gasteiger partial charge in [-0.05, 0) is 42.3 Å². The number of nitrogens with zero attached hydrogens (tertiary/aromatic N) is 1. The molecule has 4 rings (SSSR count). The molecule has 6 nitrogen and oxygen atoms in total.